The summed E-state index contributed by atoms with van der Waals surface area (Å²) in [5.74, 6) is 2.49. The van der Waals surface area contributed by atoms with Crippen molar-refractivity contribution in [2.45, 2.75) is 44.6 Å². The Labute approximate surface area is 147 Å². The first-order valence-corrected chi connectivity index (χ1v) is 9.16. The number of carbonyl (C=O) groups excluding carboxylic acids is 1. The zero-order valence-corrected chi connectivity index (χ0v) is 14.6. The first-order valence-electron chi connectivity index (χ1n) is 9.16. The Morgan fingerprint density at radius 2 is 2.04 bits per heavy atom. The fraction of sp³-hybridized carbons (Fsp3) is 0.526. The molecule has 1 atom stereocenters. The number of hydrogen-bond acceptors (Lipinski definition) is 4. The van der Waals surface area contributed by atoms with E-state index in [4.69, 9.17) is 4.74 Å². The molecular weight excluding hydrogens is 316 g/mol. The van der Waals surface area contributed by atoms with Crippen LogP contribution >= 0.6 is 0 Å². The third-order valence-corrected chi connectivity index (χ3v) is 5.41. The van der Waals surface area contributed by atoms with Crippen molar-refractivity contribution >= 4 is 5.91 Å². The van der Waals surface area contributed by atoms with E-state index in [1.807, 2.05) is 29.2 Å². The van der Waals surface area contributed by atoms with Crippen LogP contribution in [0.15, 0.2) is 30.6 Å². The Balaban J connectivity index is 1.44. The van der Waals surface area contributed by atoms with Gasteiger partial charge in [0.05, 0.1) is 12.5 Å². The van der Waals surface area contributed by atoms with Gasteiger partial charge in [0, 0.05) is 31.1 Å². The summed E-state index contributed by atoms with van der Waals surface area (Å²) < 4.78 is 7.80. The summed E-state index contributed by atoms with van der Waals surface area (Å²) in [6.45, 7) is 5.19. The Morgan fingerprint density at radius 3 is 2.84 bits per heavy atom. The highest BCUT2D eigenvalue weighted by Crippen LogP contribution is 2.36. The quantitative estimate of drug-likeness (QED) is 0.862. The van der Waals surface area contributed by atoms with Crippen molar-refractivity contribution in [3.63, 3.8) is 0 Å². The van der Waals surface area contributed by atoms with Gasteiger partial charge in [0.15, 0.2) is 0 Å². The number of aryl methyl sites for hydroxylation is 1. The number of carbonyl (C=O) groups is 1. The van der Waals surface area contributed by atoms with Gasteiger partial charge in [-0.2, -0.15) is 0 Å². The second kappa shape index (κ2) is 6.86. The van der Waals surface area contributed by atoms with Crippen LogP contribution in [0, 0.1) is 0 Å². The van der Waals surface area contributed by atoms with E-state index >= 15 is 0 Å². The monoisotopic (exact) mass is 340 g/mol. The number of rotatable bonds is 3. The van der Waals surface area contributed by atoms with Crippen molar-refractivity contribution in [3.8, 4) is 5.75 Å². The number of hydrogen-bond donors (Lipinski definition) is 0. The molecule has 0 aliphatic carbocycles. The van der Waals surface area contributed by atoms with Gasteiger partial charge in [0.25, 0.3) is 0 Å². The minimum absolute atomic E-state index is 0.0687. The molecule has 4 rings (SSSR count). The number of aromatic nitrogens is 3. The van der Waals surface area contributed by atoms with Crippen molar-refractivity contribution in [3.05, 3.63) is 42.0 Å². The lowest BCUT2D eigenvalue weighted by Crippen LogP contribution is -2.42. The van der Waals surface area contributed by atoms with Crippen molar-refractivity contribution < 1.29 is 9.53 Å². The summed E-state index contributed by atoms with van der Waals surface area (Å²) in [4.78, 5) is 15.1. The van der Waals surface area contributed by atoms with Crippen molar-refractivity contribution in [2.75, 3.05) is 19.7 Å². The number of fused-ring (bicyclic) bond motifs is 1. The predicted octanol–water partition coefficient (Wildman–Crippen LogP) is 2.57. The first kappa shape index (κ1) is 16.1. The van der Waals surface area contributed by atoms with Gasteiger partial charge in [0.2, 0.25) is 5.91 Å². The highest BCUT2D eigenvalue weighted by atomic mass is 16.5. The van der Waals surface area contributed by atoms with E-state index in [1.54, 1.807) is 6.33 Å². The molecule has 1 aromatic carbocycles. The molecule has 132 valence electrons. The Kier molecular flexibility index (Phi) is 4.42. The van der Waals surface area contributed by atoms with Crippen LogP contribution in [0.4, 0.5) is 0 Å². The van der Waals surface area contributed by atoms with Crippen molar-refractivity contribution in [1.82, 2.24) is 19.7 Å². The van der Waals surface area contributed by atoms with E-state index in [2.05, 4.69) is 21.7 Å². The second-order valence-electron chi connectivity index (χ2n) is 6.80. The predicted molar refractivity (Wildman–Crippen MR) is 93.5 cm³/mol. The number of ether oxygens (including phenoxy) is 1. The van der Waals surface area contributed by atoms with Crippen LogP contribution in [0.5, 0.6) is 5.75 Å². The SMILES string of the molecule is CCn1cnnc1C1CCN(C(=O)[C@H]2CCOc3ccccc32)CC1. The number of para-hydroxylation sites is 1. The molecule has 3 heterocycles. The zero-order chi connectivity index (χ0) is 17.2. The van der Waals surface area contributed by atoms with E-state index in [1.165, 1.54) is 0 Å². The highest BCUT2D eigenvalue weighted by Gasteiger charge is 2.33. The van der Waals surface area contributed by atoms with Crippen LogP contribution in [0.25, 0.3) is 0 Å². The molecule has 25 heavy (non-hydrogen) atoms. The zero-order valence-electron chi connectivity index (χ0n) is 14.6. The minimum atomic E-state index is -0.0687. The molecule has 2 aromatic rings. The number of amides is 1. The van der Waals surface area contributed by atoms with Gasteiger partial charge in [-0.1, -0.05) is 18.2 Å². The summed E-state index contributed by atoms with van der Waals surface area (Å²) in [5.41, 5.74) is 1.03. The lowest BCUT2D eigenvalue weighted by Gasteiger charge is -2.35. The van der Waals surface area contributed by atoms with Gasteiger partial charge < -0.3 is 14.2 Å². The first-order chi connectivity index (χ1) is 12.3. The molecule has 1 aromatic heterocycles. The maximum Gasteiger partial charge on any atom is 0.230 e. The van der Waals surface area contributed by atoms with Crippen molar-refractivity contribution in [1.29, 1.82) is 0 Å². The van der Waals surface area contributed by atoms with E-state index in [-0.39, 0.29) is 11.8 Å². The van der Waals surface area contributed by atoms with E-state index in [9.17, 15) is 4.79 Å². The molecule has 0 bridgehead atoms. The summed E-state index contributed by atoms with van der Waals surface area (Å²) >= 11 is 0. The number of piperidine rings is 1. The van der Waals surface area contributed by atoms with Crippen LogP contribution < -0.4 is 4.74 Å². The fourth-order valence-electron chi connectivity index (χ4n) is 4.00. The van der Waals surface area contributed by atoms with Gasteiger partial charge >= 0.3 is 0 Å². The number of likely N-dealkylation sites (tertiary alicyclic amines) is 1. The molecular formula is C19H24N4O2. The molecule has 2 aliphatic rings. The molecule has 6 heteroatoms. The smallest absolute Gasteiger partial charge is 0.230 e. The standard InChI is InChI=1S/C19H24N4O2/c1-2-22-13-20-21-18(22)14-7-10-23(11-8-14)19(24)16-9-12-25-17-6-4-3-5-15(16)17/h3-6,13-14,16H,2,7-12H2,1H3/t16-/m0/s1. The van der Waals surface area contributed by atoms with Gasteiger partial charge in [0.1, 0.15) is 17.9 Å². The Hall–Kier alpha value is -2.37. The summed E-state index contributed by atoms with van der Waals surface area (Å²) in [6, 6.07) is 7.92. The molecule has 0 N–H and O–H groups in total. The van der Waals surface area contributed by atoms with Gasteiger partial charge in [-0.15, -0.1) is 10.2 Å². The van der Waals surface area contributed by atoms with Crippen LogP contribution in [0.1, 0.15) is 49.4 Å². The molecule has 0 saturated carbocycles. The molecule has 1 amide bonds. The van der Waals surface area contributed by atoms with Crippen LogP contribution in [0.3, 0.4) is 0 Å². The summed E-state index contributed by atoms with van der Waals surface area (Å²) in [5, 5.41) is 8.33. The van der Waals surface area contributed by atoms with E-state index < -0.39 is 0 Å². The maximum absolute atomic E-state index is 13.1. The average molecular weight is 340 g/mol. The van der Waals surface area contributed by atoms with Gasteiger partial charge in [-0.05, 0) is 32.3 Å². The Morgan fingerprint density at radius 1 is 1.24 bits per heavy atom. The third kappa shape index (κ3) is 3.01. The normalized spacial score (nSPS) is 20.8. The maximum atomic E-state index is 13.1. The van der Waals surface area contributed by atoms with Crippen LogP contribution in [0.2, 0.25) is 0 Å². The summed E-state index contributed by atoms with van der Waals surface area (Å²) in [7, 11) is 0. The van der Waals surface area contributed by atoms with Gasteiger partial charge in [-0.25, -0.2) is 0 Å². The fourth-order valence-corrected chi connectivity index (χ4v) is 4.00. The molecule has 0 unspecified atom stereocenters. The Bertz CT molecular complexity index is 749. The van der Waals surface area contributed by atoms with Crippen molar-refractivity contribution in [2.24, 2.45) is 0 Å². The molecule has 0 radical (unpaired) electrons. The minimum Gasteiger partial charge on any atom is -0.493 e. The van der Waals surface area contributed by atoms with Crippen LogP contribution in [-0.2, 0) is 11.3 Å². The molecule has 2 aliphatic heterocycles. The summed E-state index contributed by atoms with van der Waals surface area (Å²) in [6.07, 6.45) is 4.47. The largest absolute Gasteiger partial charge is 0.493 e. The molecule has 0 spiro atoms. The average Bonchev–Trinajstić information content (AvgIpc) is 3.16. The highest BCUT2D eigenvalue weighted by molar-refractivity contribution is 5.85. The lowest BCUT2D eigenvalue weighted by molar-refractivity contribution is -0.134. The second-order valence-corrected chi connectivity index (χ2v) is 6.80. The number of benzene rings is 1. The number of nitrogens with zero attached hydrogens (tertiary/aromatic N) is 4. The van der Waals surface area contributed by atoms with Gasteiger partial charge in [-0.3, -0.25) is 4.79 Å². The molecule has 6 nitrogen and oxygen atoms in total. The van der Waals surface area contributed by atoms with E-state index in [0.29, 0.717) is 12.5 Å². The lowest BCUT2D eigenvalue weighted by atomic mass is 9.89. The van der Waals surface area contributed by atoms with E-state index in [0.717, 1.165) is 56.0 Å². The topological polar surface area (TPSA) is 60.2 Å². The van der Waals surface area contributed by atoms with Crippen LogP contribution in [-0.4, -0.2) is 45.3 Å². The third-order valence-electron chi connectivity index (χ3n) is 5.41. The molecule has 1 saturated heterocycles. The molecule has 1 fully saturated rings.